The predicted molar refractivity (Wildman–Crippen MR) is 86.4 cm³/mol. The van der Waals surface area contributed by atoms with Gasteiger partial charge in [0.15, 0.2) is 0 Å². The Kier molecular flexibility index (Phi) is 5.12. The van der Waals surface area contributed by atoms with Crippen molar-refractivity contribution in [2.75, 3.05) is 10.6 Å². The molecule has 1 aromatic carbocycles. The van der Waals surface area contributed by atoms with Crippen molar-refractivity contribution in [3.63, 3.8) is 0 Å². The van der Waals surface area contributed by atoms with E-state index in [1.54, 1.807) is 30.5 Å². The van der Waals surface area contributed by atoms with Gasteiger partial charge in [-0.25, -0.2) is 4.98 Å². The summed E-state index contributed by atoms with van der Waals surface area (Å²) in [6, 6.07) is 12.1. The van der Waals surface area contributed by atoms with Crippen LogP contribution in [0.5, 0.6) is 0 Å². The van der Waals surface area contributed by atoms with Gasteiger partial charge >= 0.3 is 0 Å². The summed E-state index contributed by atoms with van der Waals surface area (Å²) in [5.74, 6) is 0.0528. The molecule has 0 aliphatic carbocycles. The Bertz CT molecular complexity index is 747. The zero-order chi connectivity index (χ0) is 15.9. The average Bonchev–Trinajstić information content (AvgIpc) is 2.50. The van der Waals surface area contributed by atoms with Gasteiger partial charge < -0.3 is 10.6 Å². The molecule has 1 heterocycles. The summed E-state index contributed by atoms with van der Waals surface area (Å²) in [5, 5.41) is 15.1. The highest BCUT2D eigenvalue weighted by Crippen LogP contribution is 2.14. The van der Waals surface area contributed by atoms with Crippen LogP contribution in [0.15, 0.2) is 54.4 Å². The summed E-state index contributed by atoms with van der Waals surface area (Å²) in [5.41, 5.74) is 1.53. The fourth-order valence-electron chi connectivity index (χ4n) is 1.64. The molecule has 0 aliphatic rings. The van der Waals surface area contributed by atoms with E-state index in [1.165, 1.54) is 6.20 Å². The fourth-order valence-corrected chi connectivity index (χ4v) is 1.77. The van der Waals surface area contributed by atoms with E-state index in [2.05, 4.69) is 15.6 Å². The number of nitrogens with zero attached hydrogens (tertiary/aromatic N) is 2. The number of hydrogen-bond acceptors (Lipinski definition) is 4. The maximum Gasteiger partial charge on any atom is 0.267 e. The molecule has 110 valence electrons. The van der Waals surface area contributed by atoms with Gasteiger partial charge in [0.05, 0.1) is 0 Å². The molecule has 0 atom stereocenters. The van der Waals surface area contributed by atoms with Gasteiger partial charge in [-0.15, -0.1) is 0 Å². The largest absolute Gasteiger partial charge is 0.345 e. The zero-order valence-corrected chi connectivity index (χ0v) is 12.6. The Morgan fingerprint density at radius 1 is 1.32 bits per heavy atom. The molecule has 0 spiro atoms. The Hall–Kier alpha value is -2.84. The van der Waals surface area contributed by atoms with Gasteiger partial charge in [-0.3, -0.25) is 4.79 Å². The van der Waals surface area contributed by atoms with E-state index in [-0.39, 0.29) is 5.57 Å². The predicted octanol–water partition coefficient (Wildman–Crippen LogP) is 3.50. The van der Waals surface area contributed by atoms with E-state index in [9.17, 15) is 4.79 Å². The summed E-state index contributed by atoms with van der Waals surface area (Å²) >= 11 is 5.77. The number of aryl methyl sites for hydroxylation is 1. The third kappa shape index (κ3) is 4.33. The van der Waals surface area contributed by atoms with Crippen molar-refractivity contribution in [2.45, 2.75) is 6.92 Å². The van der Waals surface area contributed by atoms with Gasteiger partial charge in [0.1, 0.15) is 17.5 Å². The molecular weight excluding hydrogens is 300 g/mol. The zero-order valence-electron chi connectivity index (χ0n) is 11.8. The van der Waals surface area contributed by atoms with Crippen LogP contribution in [0.4, 0.5) is 11.5 Å². The van der Waals surface area contributed by atoms with Gasteiger partial charge in [0.25, 0.3) is 5.91 Å². The molecule has 0 aliphatic heterocycles. The highest BCUT2D eigenvalue weighted by Gasteiger charge is 2.09. The van der Waals surface area contributed by atoms with E-state index >= 15 is 0 Å². The van der Waals surface area contributed by atoms with Crippen LogP contribution >= 0.6 is 11.6 Å². The van der Waals surface area contributed by atoms with Crippen molar-refractivity contribution in [3.05, 3.63) is 65.0 Å². The molecule has 5 nitrogen and oxygen atoms in total. The van der Waals surface area contributed by atoms with Crippen molar-refractivity contribution in [1.29, 1.82) is 5.26 Å². The van der Waals surface area contributed by atoms with E-state index in [0.717, 1.165) is 5.56 Å². The minimum absolute atomic E-state index is 0.0572. The first-order valence-electron chi connectivity index (χ1n) is 6.45. The van der Waals surface area contributed by atoms with E-state index < -0.39 is 5.91 Å². The lowest BCUT2D eigenvalue weighted by molar-refractivity contribution is -0.112. The standard InChI is InChI=1S/C16H13ClN4O/c1-11-6-7-19-15(8-11)20-10-12(9-18)16(22)21-14-4-2-13(17)3-5-14/h2-8,10H,1H3,(H,19,20)(H,21,22)/b12-10-. The Balaban J connectivity index is 2.07. The second-order valence-corrected chi connectivity index (χ2v) is 4.93. The molecule has 6 heteroatoms. The Morgan fingerprint density at radius 3 is 2.68 bits per heavy atom. The van der Waals surface area contributed by atoms with Crippen molar-refractivity contribution < 1.29 is 4.79 Å². The molecule has 0 radical (unpaired) electrons. The molecule has 1 aromatic heterocycles. The molecule has 0 unspecified atom stereocenters. The van der Waals surface area contributed by atoms with Gasteiger partial charge in [-0.1, -0.05) is 11.6 Å². The van der Waals surface area contributed by atoms with Crippen LogP contribution in [0.2, 0.25) is 5.02 Å². The van der Waals surface area contributed by atoms with Crippen LogP contribution < -0.4 is 10.6 Å². The van der Waals surface area contributed by atoms with Gasteiger partial charge in [-0.05, 0) is 48.9 Å². The normalized spacial score (nSPS) is 10.7. The first-order chi connectivity index (χ1) is 10.6. The number of benzene rings is 1. The number of hydrogen-bond donors (Lipinski definition) is 2. The summed E-state index contributed by atoms with van der Waals surface area (Å²) in [6.07, 6.45) is 2.97. The molecular formula is C16H13ClN4O. The van der Waals surface area contributed by atoms with Crippen molar-refractivity contribution >= 4 is 29.0 Å². The number of anilines is 2. The molecule has 0 fully saturated rings. The Labute approximate surface area is 133 Å². The van der Waals surface area contributed by atoms with Crippen LogP contribution in [-0.4, -0.2) is 10.9 Å². The number of aromatic nitrogens is 1. The van der Waals surface area contributed by atoms with Crippen LogP contribution in [-0.2, 0) is 4.79 Å². The van der Waals surface area contributed by atoms with E-state index in [1.807, 2.05) is 25.1 Å². The SMILES string of the molecule is Cc1ccnc(N/C=C(/C#N)C(=O)Nc2ccc(Cl)cc2)c1. The topological polar surface area (TPSA) is 77.8 Å². The average molecular weight is 313 g/mol. The minimum atomic E-state index is -0.509. The number of halogens is 1. The number of nitrogens with one attached hydrogen (secondary N) is 2. The summed E-state index contributed by atoms with van der Waals surface area (Å²) in [6.45, 7) is 1.93. The highest BCUT2D eigenvalue weighted by atomic mass is 35.5. The molecule has 0 bridgehead atoms. The monoisotopic (exact) mass is 312 g/mol. The highest BCUT2D eigenvalue weighted by molar-refractivity contribution is 6.30. The number of nitriles is 1. The van der Waals surface area contributed by atoms with E-state index in [0.29, 0.717) is 16.5 Å². The number of carbonyl (C=O) groups excluding carboxylic acids is 1. The minimum Gasteiger partial charge on any atom is -0.345 e. The lowest BCUT2D eigenvalue weighted by atomic mass is 10.2. The Morgan fingerprint density at radius 2 is 2.05 bits per heavy atom. The lowest BCUT2D eigenvalue weighted by Gasteiger charge is -2.05. The maximum atomic E-state index is 12.0. The number of pyridine rings is 1. The van der Waals surface area contributed by atoms with Gasteiger partial charge in [-0.2, -0.15) is 5.26 Å². The quantitative estimate of drug-likeness (QED) is 0.669. The number of amides is 1. The summed E-state index contributed by atoms with van der Waals surface area (Å²) in [4.78, 5) is 16.1. The maximum absolute atomic E-state index is 12.0. The second-order valence-electron chi connectivity index (χ2n) is 4.49. The third-order valence-corrected chi connectivity index (χ3v) is 3.00. The summed E-state index contributed by atoms with van der Waals surface area (Å²) < 4.78 is 0. The van der Waals surface area contributed by atoms with E-state index in [4.69, 9.17) is 16.9 Å². The molecule has 1 amide bonds. The van der Waals surface area contributed by atoms with Crippen molar-refractivity contribution in [1.82, 2.24) is 4.98 Å². The number of carbonyl (C=O) groups is 1. The van der Waals surface area contributed by atoms with Crippen molar-refractivity contribution in [2.24, 2.45) is 0 Å². The summed E-state index contributed by atoms with van der Waals surface area (Å²) in [7, 11) is 0. The second kappa shape index (κ2) is 7.25. The molecule has 2 aromatic rings. The molecule has 2 rings (SSSR count). The molecule has 22 heavy (non-hydrogen) atoms. The van der Waals surface area contributed by atoms with Crippen LogP contribution in [0.1, 0.15) is 5.56 Å². The van der Waals surface area contributed by atoms with Crippen LogP contribution in [0.25, 0.3) is 0 Å². The first-order valence-corrected chi connectivity index (χ1v) is 6.82. The fraction of sp³-hybridized carbons (Fsp3) is 0.0625. The van der Waals surface area contributed by atoms with Crippen molar-refractivity contribution in [3.8, 4) is 6.07 Å². The molecule has 2 N–H and O–H groups in total. The number of rotatable bonds is 4. The molecule has 0 saturated heterocycles. The van der Waals surface area contributed by atoms with Gasteiger partial charge in [0, 0.05) is 23.1 Å². The first kappa shape index (κ1) is 15.5. The molecule has 0 saturated carbocycles. The van der Waals surface area contributed by atoms with Crippen LogP contribution in [0.3, 0.4) is 0 Å². The smallest absolute Gasteiger partial charge is 0.267 e. The lowest BCUT2D eigenvalue weighted by Crippen LogP contribution is -2.14. The van der Waals surface area contributed by atoms with Crippen LogP contribution in [0, 0.1) is 18.3 Å². The third-order valence-electron chi connectivity index (χ3n) is 2.75. The van der Waals surface area contributed by atoms with Gasteiger partial charge in [0.2, 0.25) is 0 Å².